The van der Waals surface area contributed by atoms with Gasteiger partial charge in [-0.1, -0.05) is 44.2 Å². The molecule has 4 aromatic rings. The maximum atomic E-state index is 13.1. The van der Waals surface area contributed by atoms with Crippen LogP contribution in [-0.4, -0.2) is 36.0 Å². The third-order valence-corrected chi connectivity index (χ3v) is 6.00. The number of methoxy groups -OCH3 is 1. The number of nitrogens with zero attached hydrogens (tertiary/aromatic N) is 1. The monoisotopic (exact) mass is 483 g/mol. The molecule has 0 aliphatic heterocycles. The molecule has 0 aliphatic carbocycles. The number of aromatic nitrogens is 1. The maximum absolute atomic E-state index is 13.1. The van der Waals surface area contributed by atoms with Gasteiger partial charge >= 0.3 is 5.97 Å². The zero-order valence-corrected chi connectivity index (χ0v) is 20.6. The number of hydrogen-bond acceptors (Lipinski definition) is 4. The van der Waals surface area contributed by atoms with Crippen molar-refractivity contribution in [3.63, 3.8) is 0 Å². The summed E-state index contributed by atoms with van der Waals surface area (Å²) in [6.07, 6.45) is 1.87. The average Bonchev–Trinajstić information content (AvgIpc) is 3.28. The first kappa shape index (κ1) is 24.7. The molecule has 0 spiro atoms. The minimum atomic E-state index is -0.478. The fourth-order valence-electron chi connectivity index (χ4n) is 4.02. The molecule has 0 atom stereocenters. The van der Waals surface area contributed by atoms with Crippen molar-refractivity contribution in [1.29, 1.82) is 0 Å². The van der Waals surface area contributed by atoms with Crippen molar-refractivity contribution in [3.05, 3.63) is 95.7 Å². The SMILES string of the molecule is COC(=O)c1ccc2c(c1)c(C(=O)NCCC(=O)Nc1ccc(C(C)C)cc1)cn2-c1ccccc1. The van der Waals surface area contributed by atoms with Gasteiger partial charge in [0.25, 0.3) is 5.91 Å². The molecule has 0 aliphatic rings. The lowest BCUT2D eigenvalue weighted by Gasteiger charge is -2.09. The molecule has 36 heavy (non-hydrogen) atoms. The van der Waals surface area contributed by atoms with Crippen molar-refractivity contribution in [3.8, 4) is 5.69 Å². The Bertz CT molecular complexity index is 1390. The average molecular weight is 484 g/mol. The topological polar surface area (TPSA) is 89.4 Å². The van der Waals surface area contributed by atoms with E-state index in [4.69, 9.17) is 4.74 Å². The largest absolute Gasteiger partial charge is 0.465 e. The van der Waals surface area contributed by atoms with Gasteiger partial charge in [-0.15, -0.1) is 0 Å². The lowest BCUT2D eigenvalue weighted by molar-refractivity contribution is -0.116. The van der Waals surface area contributed by atoms with Crippen LogP contribution in [0.2, 0.25) is 0 Å². The standard InChI is InChI=1S/C29H29N3O4/c1-19(2)20-9-12-22(13-10-20)31-27(33)15-16-30-28(34)25-18-32(23-7-5-4-6-8-23)26-14-11-21(17-24(25)26)29(35)36-3/h4-14,17-19H,15-16H2,1-3H3,(H,30,34)(H,31,33). The van der Waals surface area contributed by atoms with Crippen molar-refractivity contribution >= 4 is 34.4 Å². The van der Waals surface area contributed by atoms with Crippen LogP contribution in [-0.2, 0) is 9.53 Å². The van der Waals surface area contributed by atoms with Crippen molar-refractivity contribution in [2.24, 2.45) is 0 Å². The van der Waals surface area contributed by atoms with Gasteiger partial charge in [0.2, 0.25) is 5.91 Å². The molecule has 0 fully saturated rings. The number of carbonyl (C=O) groups is 3. The van der Waals surface area contributed by atoms with Gasteiger partial charge in [0.1, 0.15) is 0 Å². The van der Waals surface area contributed by atoms with E-state index < -0.39 is 5.97 Å². The minimum absolute atomic E-state index is 0.127. The highest BCUT2D eigenvalue weighted by Gasteiger charge is 2.18. The second-order valence-electron chi connectivity index (χ2n) is 8.80. The lowest BCUT2D eigenvalue weighted by Crippen LogP contribution is -2.27. The summed E-state index contributed by atoms with van der Waals surface area (Å²) in [6.45, 7) is 4.40. The van der Waals surface area contributed by atoms with Crippen LogP contribution in [0.4, 0.5) is 5.69 Å². The van der Waals surface area contributed by atoms with Gasteiger partial charge in [0.15, 0.2) is 0 Å². The van der Waals surface area contributed by atoms with Gasteiger partial charge in [-0.3, -0.25) is 9.59 Å². The molecule has 184 valence electrons. The molecular formula is C29H29N3O4. The number of carbonyl (C=O) groups excluding carboxylic acids is 3. The number of hydrogen-bond donors (Lipinski definition) is 2. The van der Waals surface area contributed by atoms with E-state index in [0.29, 0.717) is 22.4 Å². The maximum Gasteiger partial charge on any atom is 0.337 e. The van der Waals surface area contributed by atoms with Crippen molar-refractivity contribution < 1.29 is 19.1 Å². The molecule has 0 saturated heterocycles. The molecule has 1 aromatic heterocycles. The number of benzene rings is 3. The van der Waals surface area contributed by atoms with E-state index in [1.807, 2.05) is 59.2 Å². The zero-order chi connectivity index (χ0) is 25.7. The van der Waals surface area contributed by atoms with Gasteiger partial charge in [-0.05, 0) is 53.9 Å². The van der Waals surface area contributed by atoms with Crippen LogP contribution >= 0.6 is 0 Å². The molecule has 7 heteroatoms. The fourth-order valence-corrected chi connectivity index (χ4v) is 4.02. The van der Waals surface area contributed by atoms with Crippen molar-refractivity contribution in [1.82, 2.24) is 9.88 Å². The number of para-hydroxylation sites is 1. The molecule has 0 saturated carbocycles. The summed E-state index contributed by atoms with van der Waals surface area (Å²) in [4.78, 5) is 37.6. The second kappa shape index (κ2) is 10.9. The highest BCUT2D eigenvalue weighted by Crippen LogP contribution is 2.26. The van der Waals surface area contributed by atoms with E-state index >= 15 is 0 Å². The number of rotatable bonds is 8. The molecule has 0 bridgehead atoms. The Labute approximate surface area is 210 Å². The van der Waals surface area contributed by atoms with Crippen LogP contribution < -0.4 is 10.6 Å². The van der Waals surface area contributed by atoms with Crippen LogP contribution in [0, 0.1) is 0 Å². The summed E-state index contributed by atoms with van der Waals surface area (Å²) in [7, 11) is 1.32. The number of fused-ring (bicyclic) bond motifs is 1. The van der Waals surface area contributed by atoms with Gasteiger partial charge in [-0.2, -0.15) is 0 Å². The Morgan fingerprint density at radius 1 is 0.944 bits per heavy atom. The molecular weight excluding hydrogens is 454 g/mol. The van der Waals surface area contributed by atoms with Gasteiger partial charge in [-0.25, -0.2) is 4.79 Å². The highest BCUT2D eigenvalue weighted by atomic mass is 16.5. The van der Waals surface area contributed by atoms with Gasteiger partial charge in [0.05, 0.1) is 23.8 Å². The molecule has 7 nitrogen and oxygen atoms in total. The predicted octanol–water partition coefficient (Wildman–Crippen LogP) is 5.30. The van der Waals surface area contributed by atoms with Gasteiger partial charge in [0, 0.05) is 35.9 Å². The van der Waals surface area contributed by atoms with Crippen LogP contribution in [0.5, 0.6) is 0 Å². The van der Waals surface area contributed by atoms with Crippen LogP contribution in [0.15, 0.2) is 79.0 Å². The van der Waals surface area contributed by atoms with E-state index in [1.54, 1.807) is 24.4 Å². The molecule has 0 unspecified atom stereocenters. The van der Waals surface area contributed by atoms with E-state index in [1.165, 1.54) is 12.7 Å². The van der Waals surface area contributed by atoms with Crippen LogP contribution in [0.25, 0.3) is 16.6 Å². The van der Waals surface area contributed by atoms with E-state index in [0.717, 1.165) is 16.9 Å². The van der Waals surface area contributed by atoms with E-state index in [2.05, 4.69) is 24.5 Å². The Hall–Kier alpha value is -4.39. The number of ether oxygens (including phenoxy) is 1. The number of esters is 1. The smallest absolute Gasteiger partial charge is 0.337 e. The first-order chi connectivity index (χ1) is 17.4. The Morgan fingerprint density at radius 2 is 1.67 bits per heavy atom. The third kappa shape index (κ3) is 5.46. The Balaban J connectivity index is 1.49. The van der Waals surface area contributed by atoms with E-state index in [9.17, 15) is 14.4 Å². The van der Waals surface area contributed by atoms with Crippen molar-refractivity contribution in [2.75, 3.05) is 19.0 Å². The molecule has 2 amide bonds. The molecule has 3 aromatic carbocycles. The lowest BCUT2D eigenvalue weighted by atomic mass is 10.0. The van der Waals surface area contributed by atoms with Gasteiger partial charge < -0.3 is 19.9 Å². The minimum Gasteiger partial charge on any atom is -0.465 e. The Kier molecular flexibility index (Phi) is 7.49. The third-order valence-electron chi connectivity index (χ3n) is 6.00. The Morgan fingerprint density at radius 3 is 2.33 bits per heavy atom. The van der Waals surface area contributed by atoms with Crippen LogP contribution in [0.3, 0.4) is 0 Å². The molecule has 1 heterocycles. The molecule has 2 N–H and O–H groups in total. The summed E-state index contributed by atoms with van der Waals surface area (Å²) in [6, 6.07) is 22.5. The number of anilines is 1. The quantitative estimate of drug-likeness (QED) is 0.333. The summed E-state index contributed by atoms with van der Waals surface area (Å²) < 4.78 is 6.75. The summed E-state index contributed by atoms with van der Waals surface area (Å²) in [5.74, 6) is -0.576. The summed E-state index contributed by atoms with van der Waals surface area (Å²) >= 11 is 0. The first-order valence-electron chi connectivity index (χ1n) is 11.8. The normalized spacial score (nSPS) is 10.9. The molecule has 0 radical (unpaired) electrons. The van der Waals surface area contributed by atoms with E-state index in [-0.39, 0.29) is 24.8 Å². The van der Waals surface area contributed by atoms with Crippen LogP contribution in [0.1, 0.15) is 52.5 Å². The fraction of sp³-hybridized carbons (Fsp3) is 0.207. The summed E-state index contributed by atoms with van der Waals surface area (Å²) in [5.41, 5.74) is 4.34. The zero-order valence-electron chi connectivity index (χ0n) is 20.6. The summed E-state index contributed by atoms with van der Waals surface area (Å²) in [5, 5.41) is 6.31. The number of amides is 2. The van der Waals surface area contributed by atoms with Crippen molar-refractivity contribution in [2.45, 2.75) is 26.2 Å². The predicted molar refractivity (Wildman–Crippen MR) is 141 cm³/mol. The first-order valence-corrected chi connectivity index (χ1v) is 11.8. The number of nitrogens with one attached hydrogen (secondary N) is 2. The highest BCUT2D eigenvalue weighted by molar-refractivity contribution is 6.09. The molecule has 4 rings (SSSR count). The second-order valence-corrected chi connectivity index (χ2v) is 8.80.